The van der Waals surface area contributed by atoms with Gasteiger partial charge in [0.2, 0.25) is 10.4 Å². The summed E-state index contributed by atoms with van der Waals surface area (Å²) in [5.74, 6) is -0.599. The van der Waals surface area contributed by atoms with Crippen molar-refractivity contribution in [2.45, 2.75) is 12.2 Å². The number of hydrogen-bond donors (Lipinski definition) is 2. The second-order valence-electron chi connectivity index (χ2n) is 4.82. The third-order valence-corrected chi connectivity index (χ3v) is 3.71. The van der Waals surface area contributed by atoms with Crippen molar-refractivity contribution >= 4 is 20.5 Å². The van der Waals surface area contributed by atoms with Crippen LogP contribution in [0.4, 0.5) is 0 Å². The van der Waals surface area contributed by atoms with Gasteiger partial charge in [0.15, 0.2) is 0 Å². The van der Waals surface area contributed by atoms with E-state index >= 15 is 0 Å². The predicted molar refractivity (Wildman–Crippen MR) is 79.7 cm³/mol. The molecular weight excluding hydrogens is 430 g/mol. The Hall–Kier alpha value is 0.520. The average Bonchev–Trinajstić information content (AvgIpc) is 2.47. The van der Waals surface area contributed by atoms with Gasteiger partial charge in [-0.15, -0.1) is 0 Å². The summed E-state index contributed by atoms with van der Waals surface area (Å²) >= 11 is 0. The third-order valence-electron chi connectivity index (χ3n) is 2.49. The van der Waals surface area contributed by atoms with E-state index < -0.39 is 51.7 Å². The van der Waals surface area contributed by atoms with Gasteiger partial charge in [-0.2, -0.15) is 0 Å². The molecule has 0 aliphatic heterocycles. The number of aliphatic hydroxyl groups excluding tert-OH is 2. The summed E-state index contributed by atoms with van der Waals surface area (Å²) in [5, 5.41) is 18.8. The standard InChI is InChI=1S/C12H18O11S2.2Na/c13-9(7-23-25(18,19)20)5-21-11-2-1-3-12(4-11)22-6-10(14)8-24(15,16)17;;/h1-4,9-10,13-14H,5-8H2,(H,15,16,17)(H,18,19,20);;/q;2*+1/p-2. The quantitative estimate of drug-likeness (QED) is 0.187. The summed E-state index contributed by atoms with van der Waals surface area (Å²) in [5.41, 5.74) is 0. The minimum atomic E-state index is -4.91. The Kier molecular flexibility index (Phi) is 15.1. The molecule has 0 saturated carbocycles. The van der Waals surface area contributed by atoms with Gasteiger partial charge in [-0.1, -0.05) is 6.07 Å². The first-order valence-electron chi connectivity index (χ1n) is 6.70. The van der Waals surface area contributed by atoms with E-state index in [-0.39, 0.29) is 77.2 Å². The maximum atomic E-state index is 10.5. The minimum absolute atomic E-state index is 0. The van der Waals surface area contributed by atoms with Gasteiger partial charge in [0, 0.05) is 6.07 Å². The molecular formula is C12H16Na2O11S2. The van der Waals surface area contributed by atoms with Crippen molar-refractivity contribution in [1.82, 2.24) is 0 Å². The van der Waals surface area contributed by atoms with Crippen LogP contribution in [0.2, 0.25) is 0 Å². The molecule has 0 saturated heterocycles. The van der Waals surface area contributed by atoms with Crippen LogP contribution in [-0.2, 0) is 24.7 Å². The molecule has 2 unspecified atom stereocenters. The summed E-state index contributed by atoms with van der Waals surface area (Å²) in [6, 6.07) is 5.78. The van der Waals surface area contributed by atoms with Crippen molar-refractivity contribution in [1.29, 1.82) is 0 Å². The molecule has 0 amide bonds. The maximum Gasteiger partial charge on any atom is 1.00 e. The molecule has 0 bridgehead atoms. The Morgan fingerprint density at radius 2 is 1.37 bits per heavy atom. The molecule has 0 spiro atoms. The van der Waals surface area contributed by atoms with Gasteiger partial charge < -0.3 is 28.8 Å². The first-order chi connectivity index (χ1) is 11.4. The molecule has 0 aromatic heterocycles. The summed E-state index contributed by atoms with van der Waals surface area (Å²) in [6.07, 6.45) is -2.88. The number of aliphatic hydroxyl groups is 2. The van der Waals surface area contributed by atoms with E-state index in [4.69, 9.17) is 9.47 Å². The fourth-order valence-electron chi connectivity index (χ4n) is 1.53. The zero-order valence-corrected chi connectivity index (χ0v) is 20.3. The number of benzene rings is 1. The van der Waals surface area contributed by atoms with Gasteiger partial charge in [0.1, 0.15) is 36.9 Å². The molecule has 1 aromatic carbocycles. The first-order valence-corrected chi connectivity index (χ1v) is 9.61. The monoisotopic (exact) mass is 446 g/mol. The topological polar surface area (TPSA) is 183 Å². The predicted octanol–water partition coefficient (Wildman–Crippen LogP) is -7.80. The van der Waals surface area contributed by atoms with E-state index in [9.17, 15) is 36.2 Å². The Labute approximate surface area is 201 Å². The molecule has 144 valence electrons. The fourth-order valence-corrected chi connectivity index (χ4v) is 2.42. The summed E-state index contributed by atoms with van der Waals surface area (Å²) < 4.78 is 76.3. The van der Waals surface area contributed by atoms with Gasteiger partial charge in [0.05, 0.1) is 22.5 Å². The van der Waals surface area contributed by atoms with Crippen molar-refractivity contribution in [3.8, 4) is 11.5 Å². The summed E-state index contributed by atoms with van der Waals surface area (Å²) in [6.45, 7) is -1.59. The van der Waals surface area contributed by atoms with Crippen LogP contribution in [0.1, 0.15) is 0 Å². The Balaban J connectivity index is 0. The van der Waals surface area contributed by atoms with Crippen LogP contribution in [0, 0.1) is 0 Å². The molecule has 2 N–H and O–H groups in total. The molecule has 0 heterocycles. The molecule has 0 radical (unpaired) electrons. The van der Waals surface area contributed by atoms with Gasteiger partial charge >= 0.3 is 59.1 Å². The van der Waals surface area contributed by atoms with Crippen molar-refractivity contribution in [3.05, 3.63) is 24.3 Å². The molecule has 27 heavy (non-hydrogen) atoms. The second-order valence-corrected chi connectivity index (χ2v) is 7.32. The minimum Gasteiger partial charge on any atom is -0.748 e. The molecule has 11 nitrogen and oxygen atoms in total. The van der Waals surface area contributed by atoms with E-state index in [2.05, 4.69) is 4.18 Å². The normalized spacial score (nSPS) is 13.6. The third kappa shape index (κ3) is 16.0. The SMILES string of the molecule is O=S(=O)([O-])CC(O)COc1cccc(OCC(O)COS(=O)(=O)[O-])c1.[Na+].[Na+]. The molecule has 2 atom stereocenters. The molecule has 15 heteroatoms. The van der Waals surface area contributed by atoms with Crippen LogP contribution in [0.5, 0.6) is 11.5 Å². The van der Waals surface area contributed by atoms with Gasteiger partial charge in [0.25, 0.3) is 0 Å². The number of rotatable bonds is 11. The van der Waals surface area contributed by atoms with Crippen molar-refractivity contribution in [2.24, 2.45) is 0 Å². The van der Waals surface area contributed by atoms with Crippen LogP contribution >= 0.6 is 0 Å². The van der Waals surface area contributed by atoms with E-state index in [1.165, 1.54) is 24.3 Å². The number of ether oxygens (including phenoxy) is 2. The molecule has 0 fully saturated rings. The Morgan fingerprint density at radius 3 is 1.81 bits per heavy atom. The van der Waals surface area contributed by atoms with Gasteiger partial charge in [-0.3, -0.25) is 4.18 Å². The van der Waals surface area contributed by atoms with Crippen molar-refractivity contribution < 1.29 is 109 Å². The first kappa shape index (κ1) is 29.7. The van der Waals surface area contributed by atoms with Crippen LogP contribution in [0.15, 0.2) is 24.3 Å². The van der Waals surface area contributed by atoms with Gasteiger partial charge in [-0.05, 0) is 12.1 Å². The summed E-state index contributed by atoms with van der Waals surface area (Å²) in [7, 11) is -9.49. The van der Waals surface area contributed by atoms with Crippen LogP contribution in [0.3, 0.4) is 0 Å². The summed E-state index contributed by atoms with van der Waals surface area (Å²) in [4.78, 5) is 0. The molecule has 0 aliphatic rings. The van der Waals surface area contributed by atoms with Crippen molar-refractivity contribution in [3.63, 3.8) is 0 Å². The van der Waals surface area contributed by atoms with Crippen LogP contribution in [0.25, 0.3) is 0 Å². The Bertz CT molecular complexity index is 754. The smallest absolute Gasteiger partial charge is 0.748 e. The van der Waals surface area contributed by atoms with Gasteiger partial charge in [-0.25, -0.2) is 16.8 Å². The zero-order valence-electron chi connectivity index (χ0n) is 14.7. The second kappa shape index (κ2) is 13.7. The maximum absolute atomic E-state index is 10.5. The number of hydrogen-bond acceptors (Lipinski definition) is 11. The van der Waals surface area contributed by atoms with E-state index in [0.717, 1.165) is 0 Å². The average molecular weight is 446 g/mol. The van der Waals surface area contributed by atoms with Crippen LogP contribution in [-0.4, -0.2) is 73.9 Å². The van der Waals surface area contributed by atoms with E-state index in [0.29, 0.717) is 0 Å². The van der Waals surface area contributed by atoms with Crippen LogP contribution < -0.4 is 68.6 Å². The van der Waals surface area contributed by atoms with Crippen molar-refractivity contribution in [2.75, 3.05) is 25.6 Å². The molecule has 1 aromatic rings. The van der Waals surface area contributed by atoms with E-state index in [1.807, 2.05) is 0 Å². The largest absolute Gasteiger partial charge is 1.00 e. The Morgan fingerprint density at radius 1 is 0.889 bits per heavy atom. The molecule has 0 aliphatic carbocycles. The zero-order chi connectivity index (χ0) is 19.1. The molecule has 1 rings (SSSR count). The van der Waals surface area contributed by atoms with E-state index in [1.54, 1.807) is 0 Å². The fraction of sp³-hybridized carbons (Fsp3) is 0.500.